The van der Waals surface area contributed by atoms with E-state index >= 15 is 0 Å². The first-order valence-electron chi connectivity index (χ1n) is 9.63. The number of nitrogens with zero attached hydrogens (tertiary/aromatic N) is 1. The van der Waals surface area contributed by atoms with Gasteiger partial charge >= 0.3 is 12.0 Å². The lowest BCUT2D eigenvalue weighted by molar-refractivity contribution is 0.0474. The minimum absolute atomic E-state index is 0.0513. The van der Waals surface area contributed by atoms with Gasteiger partial charge in [-0.2, -0.15) is 0 Å². The monoisotopic (exact) mass is 489 g/mol. The molecule has 2 aliphatic rings. The number of methoxy groups -OCH3 is 2. The van der Waals surface area contributed by atoms with Crippen LogP contribution in [-0.2, 0) is 4.74 Å². The second-order valence-corrected chi connectivity index (χ2v) is 8.64. The highest BCUT2D eigenvalue weighted by Crippen LogP contribution is 2.40. The molecular formula is C21H19N3O7S2. The predicted octanol–water partition coefficient (Wildman–Crippen LogP) is 3.65. The number of furan rings is 1. The van der Waals surface area contributed by atoms with Gasteiger partial charge in [0.05, 0.1) is 43.3 Å². The molecule has 0 unspecified atom stereocenters. The third kappa shape index (κ3) is 4.56. The Morgan fingerprint density at radius 3 is 2.76 bits per heavy atom. The van der Waals surface area contributed by atoms with E-state index in [1.54, 1.807) is 31.4 Å². The molecule has 0 atom stereocenters. The number of hydrogen-bond donors (Lipinski definition) is 2. The van der Waals surface area contributed by atoms with E-state index < -0.39 is 17.6 Å². The van der Waals surface area contributed by atoms with Gasteiger partial charge in [0.15, 0.2) is 0 Å². The number of fused-ring (bicyclic) bond motifs is 1. The van der Waals surface area contributed by atoms with E-state index in [9.17, 15) is 14.4 Å². The molecule has 0 spiro atoms. The number of esters is 1. The number of nitrogens with one attached hydrogen (secondary N) is 2. The lowest BCUT2D eigenvalue weighted by Gasteiger charge is -2.11. The quantitative estimate of drug-likeness (QED) is 0.220. The zero-order chi connectivity index (χ0) is 23.4. The highest BCUT2D eigenvalue weighted by atomic mass is 32.9. The molecule has 2 aliphatic heterocycles. The molecule has 33 heavy (non-hydrogen) atoms. The summed E-state index contributed by atoms with van der Waals surface area (Å²) in [6.07, 6.45) is 1.36. The summed E-state index contributed by atoms with van der Waals surface area (Å²) in [7, 11) is 5.86. The van der Waals surface area contributed by atoms with E-state index in [0.29, 0.717) is 27.8 Å². The van der Waals surface area contributed by atoms with Gasteiger partial charge in [0.2, 0.25) is 5.76 Å². The van der Waals surface area contributed by atoms with Crippen LogP contribution in [0.2, 0.25) is 0 Å². The number of amides is 2. The molecule has 0 saturated carbocycles. The first-order valence-corrected chi connectivity index (χ1v) is 11.8. The molecule has 12 heteroatoms. The molecule has 2 N–H and O–H groups in total. The molecule has 2 amide bonds. The molecule has 0 radical (unpaired) electrons. The van der Waals surface area contributed by atoms with Gasteiger partial charge in [0.1, 0.15) is 23.8 Å². The number of aromatic nitrogens is 1. The maximum Gasteiger partial charge on any atom is 0.374 e. The topological polar surface area (TPSA) is 121 Å². The molecule has 0 saturated heterocycles. The minimum atomic E-state index is -0.628. The highest BCUT2D eigenvalue weighted by molar-refractivity contribution is 7.70. The standard InChI is InChI=1S/C21H19N3O7S2/c1-28-12-5-6-13(16(10-12)29-2)24-14-11-32-33-18(14)17(19(24)25)23-21(27)22-7-9-31-20(26)15-4-3-8-30-15/h3-6,8,10-11H,7,9H2,1-2H3,(H2,22,23,27). The zero-order valence-corrected chi connectivity index (χ0v) is 19.2. The second kappa shape index (κ2) is 9.79. The van der Waals surface area contributed by atoms with Gasteiger partial charge in [-0.1, -0.05) is 20.7 Å². The van der Waals surface area contributed by atoms with E-state index in [1.807, 2.05) is 5.38 Å². The molecule has 0 bridgehead atoms. The Labute approximate surface area is 195 Å². The minimum Gasteiger partial charge on any atom is -0.497 e. The largest absolute Gasteiger partial charge is 0.497 e. The van der Waals surface area contributed by atoms with Crippen molar-refractivity contribution in [2.24, 2.45) is 0 Å². The zero-order valence-electron chi connectivity index (χ0n) is 17.6. The molecule has 3 heterocycles. The van der Waals surface area contributed by atoms with Gasteiger partial charge < -0.3 is 29.3 Å². The fourth-order valence-corrected chi connectivity index (χ4v) is 5.31. The van der Waals surface area contributed by atoms with Crippen molar-refractivity contribution in [2.45, 2.75) is 0 Å². The van der Waals surface area contributed by atoms with Crippen LogP contribution in [0.1, 0.15) is 10.6 Å². The average molecular weight is 490 g/mol. The maximum atomic E-state index is 13.2. The molecule has 0 fully saturated rings. The summed E-state index contributed by atoms with van der Waals surface area (Å²) < 4.78 is 22.1. The normalized spacial score (nSPS) is 10.7. The molecule has 1 aromatic carbocycles. The Kier molecular flexibility index (Phi) is 6.66. The second-order valence-electron chi connectivity index (χ2n) is 6.56. The van der Waals surface area contributed by atoms with Gasteiger partial charge in [-0.25, -0.2) is 9.59 Å². The molecule has 4 rings (SSSR count). The van der Waals surface area contributed by atoms with E-state index in [0.717, 1.165) is 0 Å². The van der Waals surface area contributed by atoms with Crippen LogP contribution < -0.4 is 25.7 Å². The van der Waals surface area contributed by atoms with Gasteiger partial charge in [-0.3, -0.25) is 9.36 Å². The van der Waals surface area contributed by atoms with Crippen LogP contribution in [0.5, 0.6) is 11.5 Å². The Balaban J connectivity index is 1.47. The number of hydrogen-bond acceptors (Lipinski definition) is 9. The van der Waals surface area contributed by atoms with Crippen molar-refractivity contribution in [1.82, 2.24) is 9.88 Å². The number of ether oxygens (including phenoxy) is 3. The number of carbonyl (C=O) groups is 2. The van der Waals surface area contributed by atoms with Crippen molar-refractivity contribution in [1.29, 1.82) is 0 Å². The molecule has 172 valence electrons. The van der Waals surface area contributed by atoms with Crippen LogP contribution in [0, 0.1) is 0 Å². The Bertz CT molecular complexity index is 1290. The van der Waals surface area contributed by atoms with Gasteiger partial charge in [0, 0.05) is 11.4 Å². The fraction of sp³-hybridized carbons (Fsp3) is 0.190. The van der Waals surface area contributed by atoms with Crippen molar-refractivity contribution in [3.8, 4) is 27.8 Å². The Morgan fingerprint density at radius 1 is 1.18 bits per heavy atom. The summed E-state index contributed by atoms with van der Waals surface area (Å²) in [6, 6.07) is 7.58. The van der Waals surface area contributed by atoms with Crippen LogP contribution in [0.15, 0.2) is 51.2 Å². The van der Waals surface area contributed by atoms with Crippen LogP contribution >= 0.6 is 20.7 Å². The van der Waals surface area contributed by atoms with Crippen molar-refractivity contribution in [3.63, 3.8) is 0 Å². The summed E-state index contributed by atoms with van der Waals surface area (Å²) in [5.41, 5.74) is 0.935. The molecule has 1 aromatic heterocycles. The average Bonchev–Trinajstić information content (AvgIpc) is 3.57. The lowest BCUT2D eigenvalue weighted by Crippen LogP contribution is -2.33. The highest BCUT2D eigenvalue weighted by Gasteiger charge is 2.26. The predicted molar refractivity (Wildman–Crippen MR) is 124 cm³/mol. The maximum absolute atomic E-state index is 13.2. The summed E-state index contributed by atoms with van der Waals surface area (Å²) in [5.74, 6) is 0.488. The van der Waals surface area contributed by atoms with Crippen molar-refractivity contribution >= 4 is 38.4 Å². The van der Waals surface area contributed by atoms with Crippen LogP contribution in [0.3, 0.4) is 0 Å². The van der Waals surface area contributed by atoms with E-state index in [4.69, 9.17) is 18.6 Å². The third-order valence-electron chi connectivity index (χ3n) is 4.62. The van der Waals surface area contributed by atoms with E-state index in [2.05, 4.69) is 10.6 Å². The van der Waals surface area contributed by atoms with Crippen LogP contribution in [-0.4, -0.2) is 43.9 Å². The lowest BCUT2D eigenvalue weighted by atomic mass is 10.2. The molecule has 0 aliphatic carbocycles. The Hall–Kier alpha value is -3.77. The van der Waals surface area contributed by atoms with Gasteiger partial charge in [-0.05, 0) is 24.3 Å². The molecular weight excluding hydrogens is 470 g/mol. The van der Waals surface area contributed by atoms with Crippen LogP contribution in [0.25, 0.3) is 16.3 Å². The number of benzene rings is 1. The van der Waals surface area contributed by atoms with E-state index in [-0.39, 0.29) is 24.6 Å². The molecule has 2 aromatic rings. The van der Waals surface area contributed by atoms with Crippen molar-refractivity contribution < 1.29 is 28.2 Å². The summed E-state index contributed by atoms with van der Waals surface area (Å²) in [4.78, 5) is 38.0. The summed E-state index contributed by atoms with van der Waals surface area (Å²) in [6.45, 7) is -0.00652. The number of carbonyl (C=O) groups excluding carboxylic acids is 2. The van der Waals surface area contributed by atoms with Crippen molar-refractivity contribution in [3.05, 3.63) is 58.1 Å². The Morgan fingerprint density at radius 2 is 2.03 bits per heavy atom. The SMILES string of the molecule is COc1ccc(-n2c3cssc-3c(NC(=O)NCCOC(=O)c3ccco3)c2=O)c(OC)c1. The first-order chi connectivity index (χ1) is 16.0. The number of urea groups is 1. The molecule has 10 nitrogen and oxygen atoms in total. The summed E-state index contributed by atoms with van der Waals surface area (Å²) >= 11 is 0. The van der Waals surface area contributed by atoms with Gasteiger partial charge in [-0.15, -0.1) is 0 Å². The fourth-order valence-electron chi connectivity index (χ4n) is 3.11. The smallest absolute Gasteiger partial charge is 0.374 e. The number of rotatable bonds is 8. The number of anilines is 1. The summed E-state index contributed by atoms with van der Waals surface area (Å²) in [5, 5.41) is 7.01. The third-order valence-corrected chi connectivity index (χ3v) is 6.69. The van der Waals surface area contributed by atoms with Gasteiger partial charge in [0.25, 0.3) is 5.56 Å². The van der Waals surface area contributed by atoms with Crippen molar-refractivity contribution in [2.75, 3.05) is 32.7 Å². The van der Waals surface area contributed by atoms with Crippen LogP contribution in [0.4, 0.5) is 10.5 Å². The van der Waals surface area contributed by atoms with E-state index in [1.165, 1.54) is 44.7 Å². The first kappa shape index (κ1) is 22.4.